The molecule has 2 unspecified atom stereocenters. The largest absolute Gasteiger partial charge is 0.389 e. The van der Waals surface area contributed by atoms with Gasteiger partial charge in [-0.2, -0.15) is 0 Å². The van der Waals surface area contributed by atoms with E-state index in [-0.39, 0.29) is 12.2 Å². The first-order chi connectivity index (χ1) is 7.07. The van der Waals surface area contributed by atoms with Gasteiger partial charge < -0.3 is 9.84 Å². The van der Waals surface area contributed by atoms with E-state index in [9.17, 15) is 5.11 Å². The maximum Gasteiger partial charge on any atom is 0.0953 e. The molecule has 0 saturated carbocycles. The van der Waals surface area contributed by atoms with Crippen LogP contribution in [0.4, 0.5) is 0 Å². The summed E-state index contributed by atoms with van der Waals surface area (Å²) < 4.78 is 5.62. The summed E-state index contributed by atoms with van der Waals surface area (Å²) in [5.41, 5.74) is -0.630. The highest BCUT2D eigenvalue weighted by Gasteiger charge is 2.37. The Bertz CT molecular complexity index is 302. The maximum absolute atomic E-state index is 10.5. The molecule has 15 heavy (non-hydrogen) atoms. The van der Waals surface area contributed by atoms with Crippen LogP contribution in [0.3, 0.4) is 0 Å². The van der Waals surface area contributed by atoms with E-state index in [0.29, 0.717) is 19.3 Å². The molecular formula is C11H17NO2S. The summed E-state index contributed by atoms with van der Waals surface area (Å²) in [6, 6.07) is 0. The Morgan fingerprint density at radius 3 is 2.73 bits per heavy atom. The lowest BCUT2D eigenvalue weighted by molar-refractivity contribution is -0.130. The lowest BCUT2D eigenvalue weighted by atomic mass is 9.85. The molecule has 2 heterocycles. The lowest BCUT2D eigenvalue weighted by Gasteiger charge is -2.38. The van der Waals surface area contributed by atoms with E-state index >= 15 is 0 Å². The predicted octanol–water partition coefficient (Wildman–Crippen LogP) is 2.00. The zero-order valence-electron chi connectivity index (χ0n) is 9.14. The fourth-order valence-corrected chi connectivity index (χ4v) is 3.16. The first-order valence-electron chi connectivity index (χ1n) is 5.34. The molecule has 84 valence electrons. The van der Waals surface area contributed by atoms with Crippen LogP contribution in [0.15, 0.2) is 11.6 Å². The third-order valence-electron chi connectivity index (χ3n) is 2.76. The normalized spacial score (nSPS) is 36.7. The number of rotatable bonds is 2. The third kappa shape index (κ3) is 2.77. The molecule has 1 saturated heterocycles. The molecule has 1 aliphatic rings. The highest BCUT2D eigenvalue weighted by atomic mass is 32.1. The number of hydrogen-bond donors (Lipinski definition) is 1. The fraction of sp³-hybridized carbons (Fsp3) is 0.727. The van der Waals surface area contributed by atoms with Gasteiger partial charge in [-0.3, -0.25) is 0 Å². The molecule has 0 aliphatic carbocycles. The predicted molar refractivity (Wildman–Crippen MR) is 60.0 cm³/mol. The van der Waals surface area contributed by atoms with Crippen LogP contribution in [-0.4, -0.2) is 27.9 Å². The number of aromatic nitrogens is 1. The monoisotopic (exact) mass is 227 g/mol. The summed E-state index contributed by atoms with van der Waals surface area (Å²) in [5.74, 6) is 0. The molecule has 0 radical (unpaired) electrons. The summed E-state index contributed by atoms with van der Waals surface area (Å²) in [6.07, 6.45) is 4.13. The molecule has 0 bridgehead atoms. The second-order valence-corrected chi connectivity index (χ2v) is 5.47. The minimum atomic E-state index is -0.630. The molecule has 0 amide bonds. The molecule has 2 rings (SSSR count). The van der Waals surface area contributed by atoms with Crippen molar-refractivity contribution in [3.05, 3.63) is 16.6 Å². The van der Waals surface area contributed by atoms with E-state index < -0.39 is 5.60 Å². The Labute approximate surface area is 94.1 Å². The Kier molecular flexibility index (Phi) is 3.09. The second-order valence-electron chi connectivity index (χ2n) is 4.49. The molecule has 3 nitrogen and oxygen atoms in total. The van der Waals surface area contributed by atoms with Gasteiger partial charge in [-0.25, -0.2) is 4.98 Å². The second kappa shape index (κ2) is 4.20. The zero-order valence-corrected chi connectivity index (χ0v) is 9.96. The van der Waals surface area contributed by atoms with Gasteiger partial charge in [0.25, 0.3) is 0 Å². The number of hydrogen-bond acceptors (Lipinski definition) is 4. The van der Waals surface area contributed by atoms with Crippen molar-refractivity contribution in [2.24, 2.45) is 0 Å². The number of ether oxygens (including phenoxy) is 1. The van der Waals surface area contributed by atoms with Crippen molar-refractivity contribution in [2.75, 3.05) is 0 Å². The van der Waals surface area contributed by atoms with Gasteiger partial charge in [0.1, 0.15) is 0 Å². The van der Waals surface area contributed by atoms with Gasteiger partial charge in [-0.05, 0) is 13.8 Å². The van der Waals surface area contributed by atoms with Crippen molar-refractivity contribution >= 4 is 11.3 Å². The molecule has 0 spiro atoms. The van der Waals surface area contributed by atoms with Crippen LogP contribution in [0.5, 0.6) is 0 Å². The van der Waals surface area contributed by atoms with Crippen LogP contribution in [0.25, 0.3) is 0 Å². The molecular weight excluding hydrogens is 210 g/mol. The van der Waals surface area contributed by atoms with Gasteiger partial charge >= 0.3 is 0 Å². The van der Waals surface area contributed by atoms with Gasteiger partial charge in [0, 0.05) is 30.8 Å². The standard InChI is InChI=1S/C11H17NO2S/c1-8-5-11(13,6-9(2)14-8)7-10-12-3-4-15-10/h3-4,8-9,13H,5-7H2,1-2H3. The average Bonchev–Trinajstić information content (AvgIpc) is 2.52. The van der Waals surface area contributed by atoms with Crippen LogP contribution < -0.4 is 0 Å². The molecule has 4 heteroatoms. The summed E-state index contributed by atoms with van der Waals surface area (Å²) in [4.78, 5) is 4.22. The Morgan fingerprint density at radius 2 is 2.20 bits per heavy atom. The summed E-state index contributed by atoms with van der Waals surface area (Å²) in [6.45, 7) is 4.03. The SMILES string of the molecule is CC1CC(O)(Cc2nccs2)CC(C)O1. The smallest absolute Gasteiger partial charge is 0.0953 e. The highest BCUT2D eigenvalue weighted by molar-refractivity contribution is 7.09. The lowest BCUT2D eigenvalue weighted by Crippen LogP contribution is -2.44. The quantitative estimate of drug-likeness (QED) is 0.840. The first kappa shape index (κ1) is 11.0. The van der Waals surface area contributed by atoms with Gasteiger partial charge in [0.05, 0.1) is 22.8 Å². The van der Waals surface area contributed by atoms with E-state index in [1.54, 1.807) is 17.5 Å². The summed E-state index contributed by atoms with van der Waals surface area (Å²) >= 11 is 1.61. The van der Waals surface area contributed by atoms with Crippen molar-refractivity contribution in [1.29, 1.82) is 0 Å². The fourth-order valence-electron chi connectivity index (χ4n) is 2.41. The van der Waals surface area contributed by atoms with Crippen molar-refractivity contribution in [3.8, 4) is 0 Å². The highest BCUT2D eigenvalue weighted by Crippen LogP contribution is 2.32. The zero-order chi connectivity index (χ0) is 10.9. The number of nitrogens with zero attached hydrogens (tertiary/aromatic N) is 1. The van der Waals surface area contributed by atoms with Gasteiger partial charge in [0.2, 0.25) is 0 Å². The molecule has 0 aromatic carbocycles. The van der Waals surface area contributed by atoms with Crippen molar-refractivity contribution < 1.29 is 9.84 Å². The van der Waals surface area contributed by atoms with Crippen molar-refractivity contribution in [2.45, 2.75) is 50.9 Å². The molecule has 2 atom stereocenters. The molecule has 1 N–H and O–H groups in total. The van der Waals surface area contributed by atoms with Gasteiger partial charge in [-0.1, -0.05) is 0 Å². The maximum atomic E-state index is 10.5. The van der Waals surface area contributed by atoms with Crippen LogP contribution in [-0.2, 0) is 11.2 Å². The minimum absolute atomic E-state index is 0.138. The topological polar surface area (TPSA) is 42.4 Å². The molecule has 1 aromatic rings. The third-order valence-corrected chi connectivity index (χ3v) is 3.54. The van der Waals surface area contributed by atoms with E-state index in [2.05, 4.69) is 4.98 Å². The van der Waals surface area contributed by atoms with E-state index in [4.69, 9.17) is 4.74 Å². The van der Waals surface area contributed by atoms with E-state index in [0.717, 1.165) is 5.01 Å². The van der Waals surface area contributed by atoms with Crippen LogP contribution in [0.2, 0.25) is 0 Å². The average molecular weight is 227 g/mol. The van der Waals surface area contributed by atoms with Crippen molar-refractivity contribution in [3.63, 3.8) is 0 Å². The van der Waals surface area contributed by atoms with E-state index in [1.807, 2.05) is 19.2 Å². The minimum Gasteiger partial charge on any atom is -0.389 e. The number of aliphatic hydroxyl groups is 1. The van der Waals surface area contributed by atoms with Crippen LogP contribution in [0, 0.1) is 0 Å². The molecule has 1 aliphatic heterocycles. The summed E-state index contributed by atoms with van der Waals surface area (Å²) in [5, 5.41) is 13.4. The summed E-state index contributed by atoms with van der Waals surface area (Å²) in [7, 11) is 0. The Hall–Kier alpha value is -0.450. The van der Waals surface area contributed by atoms with E-state index in [1.165, 1.54) is 0 Å². The van der Waals surface area contributed by atoms with Crippen LogP contribution >= 0.6 is 11.3 Å². The van der Waals surface area contributed by atoms with Crippen LogP contribution in [0.1, 0.15) is 31.7 Å². The van der Waals surface area contributed by atoms with Gasteiger partial charge in [0.15, 0.2) is 0 Å². The Balaban J connectivity index is 2.05. The number of thiazole rings is 1. The van der Waals surface area contributed by atoms with Crippen molar-refractivity contribution in [1.82, 2.24) is 4.98 Å². The first-order valence-corrected chi connectivity index (χ1v) is 6.22. The Morgan fingerprint density at radius 1 is 1.53 bits per heavy atom. The molecule has 1 fully saturated rings. The van der Waals surface area contributed by atoms with Gasteiger partial charge in [-0.15, -0.1) is 11.3 Å². The molecule has 1 aromatic heterocycles.